The Hall–Kier alpha value is -2.12. The Kier molecular flexibility index (Phi) is 5.95. The number of hydrogen-bond donors (Lipinski definition) is 1. The minimum Gasteiger partial charge on any atom is -0.484 e. The number of aryl methyl sites for hydroxylation is 1. The summed E-state index contributed by atoms with van der Waals surface area (Å²) in [6, 6.07) is 5.14. The summed E-state index contributed by atoms with van der Waals surface area (Å²) in [6.45, 7) is 3.66. The van der Waals surface area contributed by atoms with Gasteiger partial charge in [0.2, 0.25) is 0 Å². The van der Waals surface area contributed by atoms with E-state index in [1.165, 1.54) is 5.38 Å². The van der Waals surface area contributed by atoms with Crippen molar-refractivity contribution in [2.45, 2.75) is 13.8 Å². The average molecular weight is 355 g/mol. The lowest BCUT2D eigenvalue weighted by molar-refractivity contribution is -0.118. The number of hydrogen-bond acceptors (Lipinski definition) is 6. The van der Waals surface area contributed by atoms with Crippen molar-refractivity contribution in [3.63, 3.8) is 0 Å². The second-order valence-electron chi connectivity index (χ2n) is 4.51. The van der Waals surface area contributed by atoms with Crippen LogP contribution >= 0.6 is 22.9 Å². The number of nitrogens with one attached hydrogen (secondary N) is 1. The van der Waals surface area contributed by atoms with Crippen LogP contribution in [0.25, 0.3) is 0 Å². The van der Waals surface area contributed by atoms with E-state index in [4.69, 9.17) is 21.1 Å². The van der Waals surface area contributed by atoms with E-state index in [-0.39, 0.29) is 24.8 Å². The van der Waals surface area contributed by atoms with Gasteiger partial charge in [-0.1, -0.05) is 11.6 Å². The number of benzene rings is 1. The van der Waals surface area contributed by atoms with E-state index in [0.29, 0.717) is 15.9 Å². The maximum absolute atomic E-state index is 11.8. The third kappa shape index (κ3) is 4.94. The minimum absolute atomic E-state index is 0.168. The summed E-state index contributed by atoms with van der Waals surface area (Å²) in [6.07, 6.45) is 0. The smallest absolute Gasteiger partial charge is 0.357 e. The number of aromatic nitrogens is 1. The number of rotatable bonds is 6. The van der Waals surface area contributed by atoms with Crippen molar-refractivity contribution in [1.29, 1.82) is 0 Å². The fourth-order valence-corrected chi connectivity index (χ4v) is 2.45. The van der Waals surface area contributed by atoms with E-state index < -0.39 is 5.97 Å². The van der Waals surface area contributed by atoms with Crippen LogP contribution in [0, 0.1) is 6.92 Å². The van der Waals surface area contributed by atoms with Crippen LogP contribution in [0.2, 0.25) is 5.02 Å². The van der Waals surface area contributed by atoms with Crippen LogP contribution in [0.1, 0.15) is 23.0 Å². The molecule has 122 valence electrons. The molecule has 2 aromatic rings. The molecule has 1 aromatic heterocycles. The molecule has 6 nitrogen and oxygen atoms in total. The number of thiazole rings is 1. The molecule has 8 heteroatoms. The van der Waals surface area contributed by atoms with E-state index in [1.54, 1.807) is 25.1 Å². The summed E-state index contributed by atoms with van der Waals surface area (Å²) in [5.41, 5.74) is 1.03. The second kappa shape index (κ2) is 7.94. The van der Waals surface area contributed by atoms with Gasteiger partial charge in [0, 0.05) is 10.4 Å². The van der Waals surface area contributed by atoms with Crippen molar-refractivity contribution >= 4 is 39.9 Å². The van der Waals surface area contributed by atoms with Gasteiger partial charge in [0.15, 0.2) is 17.4 Å². The zero-order valence-electron chi connectivity index (χ0n) is 12.6. The lowest BCUT2D eigenvalue weighted by atomic mass is 10.2. The van der Waals surface area contributed by atoms with Crippen molar-refractivity contribution in [3.05, 3.63) is 39.9 Å². The van der Waals surface area contributed by atoms with Crippen LogP contribution in [0.5, 0.6) is 5.75 Å². The first-order valence-electron chi connectivity index (χ1n) is 6.81. The molecular formula is C15H15ClN2O4S. The molecule has 0 aliphatic heterocycles. The Morgan fingerprint density at radius 1 is 1.39 bits per heavy atom. The van der Waals surface area contributed by atoms with E-state index in [0.717, 1.165) is 16.9 Å². The summed E-state index contributed by atoms with van der Waals surface area (Å²) in [4.78, 5) is 27.3. The molecule has 23 heavy (non-hydrogen) atoms. The van der Waals surface area contributed by atoms with Crippen LogP contribution in [-0.2, 0) is 9.53 Å². The lowest BCUT2D eigenvalue weighted by Gasteiger charge is -2.07. The molecule has 0 unspecified atom stereocenters. The van der Waals surface area contributed by atoms with Crippen molar-refractivity contribution in [1.82, 2.24) is 4.98 Å². The molecule has 0 bridgehead atoms. The van der Waals surface area contributed by atoms with Gasteiger partial charge >= 0.3 is 5.97 Å². The maximum Gasteiger partial charge on any atom is 0.357 e. The van der Waals surface area contributed by atoms with Gasteiger partial charge in [-0.25, -0.2) is 9.78 Å². The highest BCUT2D eigenvalue weighted by atomic mass is 35.5. The van der Waals surface area contributed by atoms with Gasteiger partial charge in [-0.15, -0.1) is 11.3 Å². The summed E-state index contributed by atoms with van der Waals surface area (Å²) < 4.78 is 10.2. The monoisotopic (exact) mass is 354 g/mol. The van der Waals surface area contributed by atoms with E-state index in [1.807, 2.05) is 6.92 Å². The number of amides is 1. The molecule has 0 fully saturated rings. The van der Waals surface area contributed by atoms with Gasteiger partial charge in [-0.05, 0) is 37.6 Å². The molecular weight excluding hydrogens is 340 g/mol. The van der Waals surface area contributed by atoms with Crippen molar-refractivity contribution in [3.8, 4) is 5.75 Å². The largest absolute Gasteiger partial charge is 0.484 e. The van der Waals surface area contributed by atoms with E-state index in [2.05, 4.69) is 10.3 Å². The number of anilines is 1. The Balaban J connectivity index is 1.87. The Bertz CT molecular complexity index is 717. The van der Waals surface area contributed by atoms with Crippen LogP contribution in [0.15, 0.2) is 23.6 Å². The van der Waals surface area contributed by atoms with Crippen LogP contribution in [-0.4, -0.2) is 30.1 Å². The van der Waals surface area contributed by atoms with E-state index >= 15 is 0 Å². The minimum atomic E-state index is -0.517. The third-order valence-corrected chi connectivity index (χ3v) is 3.92. The predicted octanol–water partition coefficient (Wildman–Crippen LogP) is 3.30. The molecule has 0 saturated heterocycles. The molecule has 2 rings (SSSR count). The Morgan fingerprint density at radius 3 is 2.87 bits per heavy atom. The zero-order chi connectivity index (χ0) is 16.8. The normalized spacial score (nSPS) is 10.2. The number of halogens is 1. The highest BCUT2D eigenvalue weighted by Crippen LogP contribution is 2.21. The molecule has 1 amide bonds. The molecule has 0 spiro atoms. The zero-order valence-corrected chi connectivity index (χ0v) is 14.2. The first kappa shape index (κ1) is 17.2. The molecule has 1 N–H and O–H groups in total. The van der Waals surface area contributed by atoms with Crippen LogP contribution in [0.3, 0.4) is 0 Å². The fraction of sp³-hybridized carbons (Fsp3) is 0.267. The summed E-state index contributed by atoms with van der Waals surface area (Å²) in [5.74, 6) is -0.340. The van der Waals surface area contributed by atoms with Crippen molar-refractivity contribution < 1.29 is 19.1 Å². The SMILES string of the molecule is CCOC(=O)c1csc(NC(=O)COc2ccc(Cl)c(C)c2)n1. The number of ether oxygens (including phenoxy) is 2. The standard InChI is InChI=1S/C15H15ClN2O4S/c1-3-21-14(20)12-8-23-15(17-12)18-13(19)7-22-10-4-5-11(16)9(2)6-10/h4-6,8H,3,7H2,1-2H3,(H,17,18,19). The Labute approximate surface area is 142 Å². The summed E-state index contributed by atoms with van der Waals surface area (Å²) >= 11 is 7.06. The highest BCUT2D eigenvalue weighted by Gasteiger charge is 2.13. The second-order valence-corrected chi connectivity index (χ2v) is 5.77. The van der Waals surface area contributed by atoms with Crippen LogP contribution < -0.4 is 10.1 Å². The van der Waals surface area contributed by atoms with Gasteiger partial charge in [0.05, 0.1) is 6.61 Å². The molecule has 0 atom stereocenters. The Morgan fingerprint density at radius 2 is 2.17 bits per heavy atom. The molecule has 0 aliphatic rings. The fourth-order valence-electron chi connectivity index (χ4n) is 1.64. The number of esters is 1. The van der Waals surface area contributed by atoms with Crippen molar-refractivity contribution in [2.75, 3.05) is 18.5 Å². The van der Waals surface area contributed by atoms with Gasteiger partial charge < -0.3 is 9.47 Å². The van der Waals surface area contributed by atoms with Gasteiger partial charge in [-0.2, -0.15) is 0 Å². The first-order chi connectivity index (χ1) is 11.0. The third-order valence-electron chi connectivity index (χ3n) is 2.73. The number of carbonyl (C=O) groups excluding carboxylic acids is 2. The maximum atomic E-state index is 11.8. The van der Waals surface area contributed by atoms with Gasteiger partial charge in [-0.3, -0.25) is 10.1 Å². The van der Waals surface area contributed by atoms with Gasteiger partial charge in [0.1, 0.15) is 5.75 Å². The molecule has 0 radical (unpaired) electrons. The highest BCUT2D eigenvalue weighted by molar-refractivity contribution is 7.14. The molecule has 0 aliphatic carbocycles. The molecule has 1 heterocycles. The van der Waals surface area contributed by atoms with Crippen LogP contribution in [0.4, 0.5) is 5.13 Å². The number of carbonyl (C=O) groups is 2. The summed E-state index contributed by atoms with van der Waals surface area (Å²) in [7, 11) is 0. The predicted molar refractivity (Wildman–Crippen MR) is 88.4 cm³/mol. The topological polar surface area (TPSA) is 77.5 Å². The summed E-state index contributed by atoms with van der Waals surface area (Å²) in [5, 5.41) is 5.04. The lowest BCUT2D eigenvalue weighted by Crippen LogP contribution is -2.20. The van der Waals surface area contributed by atoms with Crippen molar-refractivity contribution in [2.24, 2.45) is 0 Å². The quantitative estimate of drug-likeness (QED) is 0.805. The number of nitrogens with zero attached hydrogens (tertiary/aromatic N) is 1. The molecule has 0 saturated carbocycles. The van der Waals surface area contributed by atoms with E-state index in [9.17, 15) is 9.59 Å². The first-order valence-corrected chi connectivity index (χ1v) is 8.06. The molecule has 1 aromatic carbocycles. The average Bonchev–Trinajstić information content (AvgIpc) is 2.97. The van der Waals surface area contributed by atoms with Gasteiger partial charge in [0.25, 0.3) is 5.91 Å².